The largest absolute Gasteiger partial charge is 0.373 e. The Balaban J connectivity index is 2.31. The molecule has 21 heavy (non-hydrogen) atoms. The molecule has 1 unspecified atom stereocenters. The molecule has 0 saturated heterocycles. The standard InChI is InChI=1S/C15H15N3O3/c1-10(11-5-3-2-4-6-11)17-13-8-7-12(15(16)19)9-14(13)18(20)21/h2-10,17H,1H3,(H2,16,19). The number of nitro benzene ring substituents is 1. The van der Waals surface area contributed by atoms with E-state index >= 15 is 0 Å². The van der Waals surface area contributed by atoms with Crippen LogP contribution >= 0.6 is 0 Å². The fourth-order valence-electron chi connectivity index (χ4n) is 2.02. The van der Waals surface area contributed by atoms with Crippen molar-refractivity contribution in [3.8, 4) is 0 Å². The minimum Gasteiger partial charge on any atom is -0.373 e. The predicted molar refractivity (Wildman–Crippen MR) is 80.1 cm³/mol. The highest BCUT2D eigenvalue weighted by Crippen LogP contribution is 2.29. The summed E-state index contributed by atoms with van der Waals surface area (Å²) in [4.78, 5) is 21.7. The van der Waals surface area contributed by atoms with Gasteiger partial charge in [0, 0.05) is 17.7 Å². The molecule has 0 aliphatic carbocycles. The van der Waals surface area contributed by atoms with E-state index in [2.05, 4.69) is 5.32 Å². The van der Waals surface area contributed by atoms with Gasteiger partial charge in [0.2, 0.25) is 5.91 Å². The maximum Gasteiger partial charge on any atom is 0.293 e. The monoisotopic (exact) mass is 285 g/mol. The highest BCUT2D eigenvalue weighted by molar-refractivity contribution is 5.94. The first kappa shape index (κ1) is 14.5. The quantitative estimate of drug-likeness (QED) is 0.651. The van der Waals surface area contributed by atoms with Gasteiger partial charge in [-0.05, 0) is 24.6 Å². The molecule has 0 bridgehead atoms. The predicted octanol–water partition coefficient (Wildman–Crippen LogP) is 2.87. The van der Waals surface area contributed by atoms with E-state index in [1.54, 1.807) is 0 Å². The number of nitro groups is 1. The molecular weight excluding hydrogens is 270 g/mol. The van der Waals surface area contributed by atoms with Crippen molar-refractivity contribution in [1.82, 2.24) is 0 Å². The maximum atomic E-state index is 11.1. The zero-order chi connectivity index (χ0) is 15.4. The van der Waals surface area contributed by atoms with Gasteiger partial charge in [-0.2, -0.15) is 0 Å². The van der Waals surface area contributed by atoms with Gasteiger partial charge in [0.15, 0.2) is 0 Å². The van der Waals surface area contributed by atoms with Crippen LogP contribution in [-0.4, -0.2) is 10.8 Å². The van der Waals surface area contributed by atoms with Gasteiger partial charge >= 0.3 is 0 Å². The molecule has 0 saturated carbocycles. The third kappa shape index (κ3) is 3.36. The van der Waals surface area contributed by atoms with E-state index in [0.29, 0.717) is 5.69 Å². The molecule has 0 aromatic heterocycles. The molecule has 0 spiro atoms. The van der Waals surface area contributed by atoms with Crippen molar-refractivity contribution in [2.24, 2.45) is 5.73 Å². The molecule has 3 N–H and O–H groups in total. The normalized spacial score (nSPS) is 11.7. The highest BCUT2D eigenvalue weighted by Gasteiger charge is 2.18. The van der Waals surface area contributed by atoms with Crippen molar-refractivity contribution in [2.45, 2.75) is 13.0 Å². The zero-order valence-electron chi connectivity index (χ0n) is 11.4. The van der Waals surface area contributed by atoms with E-state index in [1.807, 2.05) is 37.3 Å². The third-order valence-corrected chi connectivity index (χ3v) is 3.15. The summed E-state index contributed by atoms with van der Waals surface area (Å²) in [6.45, 7) is 1.90. The second-order valence-electron chi connectivity index (χ2n) is 4.63. The van der Waals surface area contributed by atoms with Crippen molar-refractivity contribution in [3.05, 3.63) is 69.8 Å². The Hall–Kier alpha value is -2.89. The third-order valence-electron chi connectivity index (χ3n) is 3.15. The first-order valence-electron chi connectivity index (χ1n) is 6.38. The number of anilines is 1. The van der Waals surface area contributed by atoms with Crippen LogP contribution < -0.4 is 11.1 Å². The van der Waals surface area contributed by atoms with E-state index in [-0.39, 0.29) is 17.3 Å². The number of nitrogens with one attached hydrogen (secondary N) is 1. The van der Waals surface area contributed by atoms with Gasteiger partial charge in [0.25, 0.3) is 5.69 Å². The second-order valence-corrected chi connectivity index (χ2v) is 4.63. The number of rotatable bonds is 5. The van der Waals surface area contributed by atoms with Gasteiger partial charge in [-0.3, -0.25) is 14.9 Å². The summed E-state index contributed by atoms with van der Waals surface area (Å²) in [5.74, 6) is -0.694. The van der Waals surface area contributed by atoms with Crippen molar-refractivity contribution in [1.29, 1.82) is 0 Å². The van der Waals surface area contributed by atoms with Gasteiger partial charge in [-0.1, -0.05) is 30.3 Å². The lowest BCUT2D eigenvalue weighted by atomic mass is 10.1. The molecule has 1 atom stereocenters. The first-order chi connectivity index (χ1) is 9.99. The van der Waals surface area contributed by atoms with Crippen LogP contribution in [0.4, 0.5) is 11.4 Å². The number of nitrogens with two attached hydrogens (primary N) is 1. The van der Waals surface area contributed by atoms with E-state index < -0.39 is 10.8 Å². The minimum atomic E-state index is -0.694. The Morgan fingerprint density at radius 3 is 2.48 bits per heavy atom. The molecule has 0 fully saturated rings. The maximum absolute atomic E-state index is 11.1. The number of hydrogen-bond acceptors (Lipinski definition) is 4. The van der Waals surface area contributed by atoms with Crippen LogP contribution in [0.25, 0.3) is 0 Å². The summed E-state index contributed by atoms with van der Waals surface area (Å²) in [6.07, 6.45) is 0. The first-order valence-corrected chi connectivity index (χ1v) is 6.38. The summed E-state index contributed by atoms with van der Waals surface area (Å²) in [6, 6.07) is 13.6. The van der Waals surface area contributed by atoms with Crippen LogP contribution in [0.15, 0.2) is 48.5 Å². The van der Waals surface area contributed by atoms with Crippen LogP contribution in [0.1, 0.15) is 28.9 Å². The van der Waals surface area contributed by atoms with Gasteiger partial charge < -0.3 is 11.1 Å². The lowest BCUT2D eigenvalue weighted by molar-refractivity contribution is -0.384. The molecule has 2 aromatic carbocycles. The fraction of sp³-hybridized carbons (Fsp3) is 0.133. The number of primary amides is 1. The topological polar surface area (TPSA) is 98.3 Å². The molecule has 0 aliphatic heterocycles. The highest BCUT2D eigenvalue weighted by atomic mass is 16.6. The Bertz CT molecular complexity index is 671. The number of amides is 1. The number of nitrogens with zero attached hydrogens (tertiary/aromatic N) is 1. The Morgan fingerprint density at radius 2 is 1.90 bits per heavy atom. The molecule has 1 amide bonds. The molecular formula is C15H15N3O3. The lowest BCUT2D eigenvalue weighted by Crippen LogP contribution is -2.13. The molecule has 2 rings (SSSR count). The zero-order valence-corrected chi connectivity index (χ0v) is 11.4. The van der Waals surface area contributed by atoms with Crippen molar-refractivity contribution >= 4 is 17.3 Å². The molecule has 0 aliphatic rings. The van der Waals surface area contributed by atoms with Crippen molar-refractivity contribution in [2.75, 3.05) is 5.32 Å². The molecule has 6 heteroatoms. The van der Waals surface area contributed by atoms with E-state index in [1.165, 1.54) is 18.2 Å². The number of carbonyl (C=O) groups excluding carboxylic acids is 1. The van der Waals surface area contributed by atoms with E-state index in [0.717, 1.165) is 5.56 Å². The SMILES string of the molecule is CC(Nc1ccc(C(N)=O)cc1[N+](=O)[O-])c1ccccc1. The molecule has 2 aromatic rings. The van der Waals surface area contributed by atoms with Crippen LogP contribution in [0.5, 0.6) is 0 Å². The number of benzene rings is 2. The van der Waals surface area contributed by atoms with Crippen molar-refractivity contribution in [3.63, 3.8) is 0 Å². The number of carbonyl (C=O) groups is 1. The number of hydrogen-bond donors (Lipinski definition) is 2. The Morgan fingerprint density at radius 1 is 1.24 bits per heavy atom. The van der Waals surface area contributed by atoms with Gasteiger partial charge in [-0.15, -0.1) is 0 Å². The fourth-order valence-corrected chi connectivity index (χ4v) is 2.02. The molecule has 0 heterocycles. The van der Waals surface area contributed by atoms with Gasteiger partial charge in [0.1, 0.15) is 5.69 Å². The lowest BCUT2D eigenvalue weighted by Gasteiger charge is -2.16. The van der Waals surface area contributed by atoms with Crippen LogP contribution in [-0.2, 0) is 0 Å². The summed E-state index contributed by atoms with van der Waals surface area (Å²) in [5, 5.41) is 14.2. The van der Waals surface area contributed by atoms with Gasteiger partial charge in [0.05, 0.1) is 4.92 Å². The summed E-state index contributed by atoms with van der Waals surface area (Å²) < 4.78 is 0. The van der Waals surface area contributed by atoms with Gasteiger partial charge in [-0.25, -0.2) is 0 Å². The summed E-state index contributed by atoms with van der Waals surface area (Å²) in [7, 11) is 0. The van der Waals surface area contributed by atoms with E-state index in [9.17, 15) is 14.9 Å². The second kappa shape index (κ2) is 6.04. The average molecular weight is 285 g/mol. The van der Waals surface area contributed by atoms with Crippen LogP contribution in [0.2, 0.25) is 0 Å². The van der Waals surface area contributed by atoms with Crippen LogP contribution in [0.3, 0.4) is 0 Å². The Kier molecular flexibility index (Phi) is 4.18. The molecule has 0 radical (unpaired) electrons. The molecule has 6 nitrogen and oxygen atoms in total. The summed E-state index contributed by atoms with van der Waals surface area (Å²) >= 11 is 0. The van der Waals surface area contributed by atoms with Crippen molar-refractivity contribution < 1.29 is 9.72 Å². The molecule has 108 valence electrons. The van der Waals surface area contributed by atoms with Crippen LogP contribution in [0, 0.1) is 10.1 Å². The Labute approximate surface area is 121 Å². The minimum absolute atomic E-state index is 0.107. The average Bonchev–Trinajstić information content (AvgIpc) is 2.48. The smallest absolute Gasteiger partial charge is 0.293 e. The summed E-state index contributed by atoms with van der Waals surface area (Å²) in [5.41, 5.74) is 6.44. The van der Waals surface area contributed by atoms with E-state index in [4.69, 9.17) is 5.73 Å².